The Bertz CT molecular complexity index is 500. The van der Waals surface area contributed by atoms with Crippen LogP contribution in [0.25, 0.3) is 11.5 Å². The van der Waals surface area contributed by atoms with Crippen LogP contribution in [0.1, 0.15) is 24.3 Å². The number of esters is 1. The van der Waals surface area contributed by atoms with E-state index in [9.17, 15) is 4.79 Å². The lowest BCUT2D eigenvalue weighted by Crippen LogP contribution is -2.12. The first kappa shape index (κ1) is 11.4. The molecule has 0 N–H and O–H groups in total. The third-order valence-electron chi connectivity index (χ3n) is 2.34. The van der Waals surface area contributed by atoms with Gasteiger partial charge in [0.2, 0.25) is 0 Å². The van der Waals surface area contributed by atoms with Crippen LogP contribution in [0.15, 0.2) is 28.9 Å². The largest absolute Gasteiger partial charge is 0.463 e. The standard InChI is InChI=1S/C12H14N2O3/c1-3-14-10(12(15)16-4-2)8-9(13-14)11-6-5-7-17-11/h5-8H,3-4H2,1-2H3. The highest BCUT2D eigenvalue weighted by Gasteiger charge is 2.17. The van der Waals surface area contributed by atoms with Gasteiger partial charge < -0.3 is 9.15 Å². The van der Waals surface area contributed by atoms with E-state index in [-0.39, 0.29) is 5.97 Å². The molecule has 2 aromatic rings. The topological polar surface area (TPSA) is 57.3 Å². The molecule has 17 heavy (non-hydrogen) atoms. The Kier molecular flexibility index (Phi) is 3.27. The lowest BCUT2D eigenvalue weighted by molar-refractivity contribution is 0.0512. The number of aromatic nitrogens is 2. The summed E-state index contributed by atoms with van der Waals surface area (Å²) in [5, 5.41) is 4.30. The summed E-state index contributed by atoms with van der Waals surface area (Å²) < 4.78 is 11.8. The van der Waals surface area contributed by atoms with Gasteiger partial charge in [-0.05, 0) is 26.0 Å². The number of hydrogen-bond acceptors (Lipinski definition) is 4. The van der Waals surface area contributed by atoms with Gasteiger partial charge in [0.25, 0.3) is 0 Å². The lowest BCUT2D eigenvalue weighted by atomic mass is 10.3. The van der Waals surface area contributed by atoms with Crippen LogP contribution in [-0.2, 0) is 11.3 Å². The zero-order chi connectivity index (χ0) is 12.3. The Balaban J connectivity index is 2.36. The van der Waals surface area contributed by atoms with Gasteiger partial charge in [-0.25, -0.2) is 4.79 Å². The summed E-state index contributed by atoms with van der Waals surface area (Å²) in [6.07, 6.45) is 1.57. The van der Waals surface area contributed by atoms with Crippen LogP contribution in [0.2, 0.25) is 0 Å². The quantitative estimate of drug-likeness (QED) is 0.762. The molecule has 0 radical (unpaired) electrons. The van der Waals surface area contributed by atoms with E-state index in [4.69, 9.17) is 9.15 Å². The zero-order valence-electron chi connectivity index (χ0n) is 9.84. The van der Waals surface area contributed by atoms with Crippen LogP contribution >= 0.6 is 0 Å². The van der Waals surface area contributed by atoms with E-state index in [0.717, 1.165) is 0 Å². The van der Waals surface area contributed by atoms with Gasteiger partial charge in [-0.3, -0.25) is 4.68 Å². The number of carbonyl (C=O) groups excluding carboxylic acids is 1. The first-order chi connectivity index (χ1) is 8.26. The monoisotopic (exact) mass is 234 g/mol. The van der Waals surface area contributed by atoms with Crippen molar-refractivity contribution in [3.63, 3.8) is 0 Å². The molecular formula is C12H14N2O3. The predicted molar refractivity (Wildman–Crippen MR) is 61.6 cm³/mol. The van der Waals surface area contributed by atoms with E-state index in [1.54, 1.807) is 36.1 Å². The molecule has 0 unspecified atom stereocenters. The fourth-order valence-corrected chi connectivity index (χ4v) is 1.57. The number of aryl methyl sites for hydroxylation is 1. The van der Waals surface area contributed by atoms with Gasteiger partial charge in [0.15, 0.2) is 5.76 Å². The van der Waals surface area contributed by atoms with E-state index in [1.165, 1.54) is 0 Å². The second kappa shape index (κ2) is 4.86. The number of ether oxygens (including phenoxy) is 1. The van der Waals surface area contributed by atoms with Crippen LogP contribution in [0.3, 0.4) is 0 Å². The second-order valence-electron chi connectivity index (χ2n) is 3.43. The Morgan fingerprint density at radius 1 is 1.53 bits per heavy atom. The van der Waals surface area contributed by atoms with Gasteiger partial charge in [-0.1, -0.05) is 0 Å². The predicted octanol–water partition coefficient (Wildman–Crippen LogP) is 2.34. The third kappa shape index (κ3) is 2.22. The molecule has 0 spiro atoms. The fraction of sp³-hybridized carbons (Fsp3) is 0.333. The number of rotatable bonds is 4. The van der Waals surface area contributed by atoms with Crippen LogP contribution in [0, 0.1) is 0 Å². The van der Waals surface area contributed by atoms with E-state index in [1.807, 2.05) is 6.92 Å². The van der Waals surface area contributed by atoms with E-state index in [0.29, 0.717) is 30.3 Å². The molecule has 0 aliphatic rings. The molecule has 2 rings (SSSR count). The van der Waals surface area contributed by atoms with Crippen LogP contribution in [0.4, 0.5) is 0 Å². The van der Waals surface area contributed by atoms with Crippen molar-refractivity contribution in [3.8, 4) is 11.5 Å². The highest BCUT2D eigenvalue weighted by Crippen LogP contribution is 2.20. The normalized spacial score (nSPS) is 10.5. The van der Waals surface area contributed by atoms with E-state index < -0.39 is 0 Å². The average molecular weight is 234 g/mol. The van der Waals surface area contributed by atoms with Crippen molar-refractivity contribution >= 4 is 5.97 Å². The summed E-state index contributed by atoms with van der Waals surface area (Å²) in [5.41, 5.74) is 1.08. The SMILES string of the molecule is CCOC(=O)c1cc(-c2ccco2)nn1CC. The maximum Gasteiger partial charge on any atom is 0.356 e. The molecule has 0 atom stereocenters. The molecular weight excluding hydrogens is 220 g/mol. The van der Waals surface area contributed by atoms with Crippen LogP contribution < -0.4 is 0 Å². The summed E-state index contributed by atoms with van der Waals surface area (Å²) in [7, 11) is 0. The van der Waals surface area contributed by atoms with Gasteiger partial charge in [-0.2, -0.15) is 5.10 Å². The molecule has 0 saturated carbocycles. The molecule has 5 heteroatoms. The molecule has 2 aromatic heterocycles. The molecule has 2 heterocycles. The Morgan fingerprint density at radius 3 is 2.94 bits per heavy atom. The molecule has 0 saturated heterocycles. The number of furan rings is 1. The molecule has 0 aliphatic heterocycles. The van der Waals surface area contributed by atoms with Gasteiger partial charge in [-0.15, -0.1) is 0 Å². The summed E-state index contributed by atoms with van der Waals surface area (Å²) in [4.78, 5) is 11.7. The van der Waals surface area contributed by atoms with Crippen molar-refractivity contribution < 1.29 is 13.9 Å². The molecule has 5 nitrogen and oxygen atoms in total. The first-order valence-corrected chi connectivity index (χ1v) is 5.55. The smallest absolute Gasteiger partial charge is 0.356 e. The maximum absolute atomic E-state index is 11.7. The summed E-state index contributed by atoms with van der Waals surface area (Å²) in [5.74, 6) is 0.280. The van der Waals surface area contributed by atoms with Gasteiger partial charge >= 0.3 is 5.97 Å². The van der Waals surface area contributed by atoms with Crippen molar-refractivity contribution in [3.05, 3.63) is 30.2 Å². The summed E-state index contributed by atoms with van der Waals surface area (Å²) in [6, 6.07) is 5.27. The van der Waals surface area contributed by atoms with Crippen molar-refractivity contribution in [2.45, 2.75) is 20.4 Å². The highest BCUT2D eigenvalue weighted by molar-refractivity contribution is 5.88. The van der Waals surface area contributed by atoms with Crippen molar-refractivity contribution in [1.29, 1.82) is 0 Å². The zero-order valence-corrected chi connectivity index (χ0v) is 9.84. The lowest BCUT2D eigenvalue weighted by Gasteiger charge is -2.02. The van der Waals surface area contributed by atoms with Crippen molar-refractivity contribution in [2.75, 3.05) is 6.61 Å². The fourth-order valence-electron chi connectivity index (χ4n) is 1.57. The van der Waals surface area contributed by atoms with Gasteiger partial charge in [0.05, 0.1) is 12.9 Å². The third-order valence-corrected chi connectivity index (χ3v) is 2.34. The Hall–Kier alpha value is -2.04. The van der Waals surface area contributed by atoms with Crippen molar-refractivity contribution in [2.24, 2.45) is 0 Å². The molecule has 0 fully saturated rings. The van der Waals surface area contributed by atoms with E-state index in [2.05, 4.69) is 5.10 Å². The number of hydrogen-bond donors (Lipinski definition) is 0. The number of nitrogens with zero attached hydrogens (tertiary/aromatic N) is 2. The van der Waals surface area contributed by atoms with Crippen LogP contribution in [0.5, 0.6) is 0 Å². The molecule has 0 amide bonds. The number of carbonyl (C=O) groups is 1. The van der Waals surface area contributed by atoms with Gasteiger partial charge in [0.1, 0.15) is 11.4 Å². The van der Waals surface area contributed by atoms with Crippen molar-refractivity contribution in [1.82, 2.24) is 9.78 Å². The Labute approximate surface area is 99.0 Å². The minimum Gasteiger partial charge on any atom is -0.463 e. The minimum atomic E-state index is -0.361. The minimum absolute atomic E-state index is 0.351. The maximum atomic E-state index is 11.7. The molecule has 0 bridgehead atoms. The Morgan fingerprint density at radius 2 is 2.35 bits per heavy atom. The molecule has 0 aromatic carbocycles. The summed E-state index contributed by atoms with van der Waals surface area (Å²) in [6.45, 7) is 4.65. The molecule has 90 valence electrons. The first-order valence-electron chi connectivity index (χ1n) is 5.55. The highest BCUT2D eigenvalue weighted by atomic mass is 16.5. The second-order valence-corrected chi connectivity index (χ2v) is 3.43. The van der Waals surface area contributed by atoms with E-state index >= 15 is 0 Å². The van der Waals surface area contributed by atoms with Gasteiger partial charge in [0, 0.05) is 12.6 Å². The van der Waals surface area contributed by atoms with Crippen LogP contribution in [-0.4, -0.2) is 22.4 Å². The summed E-state index contributed by atoms with van der Waals surface area (Å²) >= 11 is 0. The average Bonchev–Trinajstić information content (AvgIpc) is 2.97. The molecule has 0 aliphatic carbocycles.